The lowest BCUT2D eigenvalue weighted by Gasteiger charge is -2.58. The molecule has 2 aliphatic heterocycles. The van der Waals surface area contributed by atoms with Crippen LogP contribution in [0.5, 0.6) is 5.75 Å². The van der Waals surface area contributed by atoms with E-state index in [9.17, 15) is 10.3 Å². The number of piperidine rings is 1. The lowest BCUT2D eigenvalue weighted by atomic mass is 9.73. The summed E-state index contributed by atoms with van der Waals surface area (Å²) in [6.07, 6.45) is 3.27. The van der Waals surface area contributed by atoms with E-state index in [4.69, 9.17) is 9.47 Å². The van der Waals surface area contributed by atoms with Crippen molar-refractivity contribution in [1.29, 1.82) is 0 Å². The van der Waals surface area contributed by atoms with Gasteiger partial charge < -0.3 is 15.0 Å². The third-order valence-electron chi connectivity index (χ3n) is 6.06. The van der Waals surface area contributed by atoms with Gasteiger partial charge >= 0.3 is 11.7 Å². The average Bonchev–Trinajstić information content (AvgIpc) is 2.73. The van der Waals surface area contributed by atoms with Crippen LogP contribution in [0, 0.1) is 6.92 Å². The molecule has 0 amide bonds. The second-order valence-electron chi connectivity index (χ2n) is 7.80. The van der Waals surface area contributed by atoms with Gasteiger partial charge in [-0.2, -0.15) is 4.79 Å². The fraction of sp³-hybridized carbons (Fsp3) is 0.391. The number of benzene rings is 2. The number of esters is 1. The molecule has 2 aromatic rings. The molecule has 29 heavy (non-hydrogen) atoms. The Hall–Kier alpha value is -2.95. The van der Waals surface area contributed by atoms with Crippen molar-refractivity contribution in [2.24, 2.45) is 0 Å². The molecule has 2 aliphatic rings. The molecular formula is C23H25N3O3. The second kappa shape index (κ2) is 7.82. The predicted octanol–water partition coefficient (Wildman–Crippen LogP) is 3.33. The lowest BCUT2D eigenvalue weighted by Crippen LogP contribution is -2.70. The summed E-state index contributed by atoms with van der Waals surface area (Å²) >= 11 is 0. The average molecular weight is 391 g/mol. The van der Waals surface area contributed by atoms with Gasteiger partial charge in [0.05, 0.1) is 18.7 Å². The Labute approximate surface area is 170 Å². The largest absolute Gasteiger partial charge is 0.497 e. The Morgan fingerprint density at radius 1 is 1.14 bits per heavy atom. The zero-order chi connectivity index (χ0) is 20.4. The number of rotatable bonds is 5. The molecule has 150 valence electrons. The molecule has 6 heteroatoms. The molecule has 0 saturated carbocycles. The Kier molecular flexibility index (Phi) is 5.22. The van der Waals surface area contributed by atoms with Crippen molar-refractivity contribution in [2.45, 2.75) is 37.8 Å². The number of nitrogens with zero attached hydrogens (tertiary/aromatic N) is 3. The molecule has 2 saturated heterocycles. The van der Waals surface area contributed by atoms with Crippen LogP contribution in [0.1, 0.15) is 36.0 Å². The minimum Gasteiger partial charge on any atom is -0.497 e. The molecule has 4 rings (SSSR count). The fourth-order valence-electron chi connectivity index (χ4n) is 4.46. The van der Waals surface area contributed by atoms with Crippen molar-refractivity contribution in [1.82, 2.24) is 4.90 Å². The van der Waals surface area contributed by atoms with Gasteiger partial charge in [-0.1, -0.05) is 36.2 Å². The van der Waals surface area contributed by atoms with E-state index >= 15 is 0 Å². The highest BCUT2D eigenvalue weighted by atomic mass is 16.6. The molecule has 2 heterocycles. The third-order valence-corrected chi connectivity index (χ3v) is 6.06. The summed E-state index contributed by atoms with van der Waals surface area (Å²) in [7, 11) is 1.57. The van der Waals surface area contributed by atoms with Gasteiger partial charge in [-0.25, -0.2) is 4.79 Å². The molecule has 0 aromatic heterocycles. The molecule has 2 atom stereocenters. The highest BCUT2D eigenvalue weighted by Gasteiger charge is 2.58. The number of carbonyl (C=O) groups is 1. The number of methoxy groups -OCH3 is 1. The molecule has 0 unspecified atom stereocenters. The normalized spacial score (nSPS) is 23.3. The zero-order valence-corrected chi connectivity index (χ0v) is 16.8. The van der Waals surface area contributed by atoms with Crippen molar-refractivity contribution < 1.29 is 19.1 Å². The van der Waals surface area contributed by atoms with Gasteiger partial charge in [-0.05, 0) is 56.1 Å². The summed E-state index contributed by atoms with van der Waals surface area (Å²) in [5.41, 5.74) is 11.4. The minimum absolute atomic E-state index is 0.103. The number of aryl methyl sites for hydroxylation is 1. The Balaban J connectivity index is 1.64. The van der Waals surface area contributed by atoms with E-state index in [0.29, 0.717) is 17.9 Å². The van der Waals surface area contributed by atoms with Gasteiger partial charge in [0.25, 0.3) is 0 Å². The summed E-state index contributed by atoms with van der Waals surface area (Å²) < 4.78 is 11.3. The van der Waals surface area contributed by atoms with Crippen LogP contribution in [0.25, 0.3) is 5.53 Å². The van der Waals surface area contributed by atoms with Crippen molar-refractivity contribution in [2.75, 3.05) is 20.2 Å². The molecule has 0 N–H and O–H groups in total. The van der Waals surface area contributed by atoms with Crippen LogP contribution in [0.15, 0.2) is 48.5 Å². The van der Waals surface area contributed by atoms with Crippen LogP contribution >= 0.6 is 0 Å². The van der Waals surface area contributed by atoms with E-state index in [1.54, 1.807) is 31.4 Å². The topological polar surface area (TPSA) is 75.2 Å². The van der Waals surface area contributed by atoms with Gasteiger partial charge in [0.15, 0.2) is 5.60 Å². The SMILES string of the molecule is COc1ccc(C(=[N+]=[N-])C(=O)O[C@]2(c3ccc(C)cc3)CN3CCCC[C@@H]32)cc1. The highest BCUT2D eigenvalue weighted by Crippen LogP contribution is 2.46. The number of hydrogen-bond donors (Lipinski definition) is 0. The predicted molar refractivity (Wildman–Crippen MR) is 109 cm³/mol. The molecule has 6 nitrogen and oxygen atoms in total. The molecule has 2 fully saturated rings. The summed E-state index contributed by atoms with van der Waals surface area (Å²) in [5.74, 6) is 0.0378. The Morgan fingerprint density at radius 3 is 2.48 bits per heavy atom. The maximum absolute atomic E-state index is 13.1. The third kappa shape index (κ3) is 3.46. The van der Waals surface area contributed by atoms with Gasteiger partial charge in [-0.15, -0.1) is 0 Å². The highest BCUT2D eigenvalue weighted by molar-refractivity contribution is 6.40. The molecule has 0 aliphatic carbocycles. The van der Waals surface area contributed by atoms with Crippen molar-refractivity contribution in [3.8, 4) is 5.75 Å². The van der Waals surface area contributed by atoms with Gasteiger partial charge in [0.2, 0.25) is 0 Å². The molecule has 0 bridgehead atoms. The second-order valence-corrected chi connectivity index (χ2v) is 7.80. The standard InChI is InChI=1S/C23H25N3O3/c1-16-6-10-18(11-7-16)23(15-26-14-4-3-5-20(23)26)29-22(27)21(25-24)17-8-12-19(28-2)13-9-17/h6-13,20H,3-5,14-15H2,1-2H3/t20-,23+/m1/s1. The quantitative estimate of drug-likeness (QED) is 0.339. The maximum Gasteiger partial charge on any atom is 0.423 e. The first-order valence-electron chi connectivity index (χ1n) is 9.98. The van der Waals surface area contributed by atoms with Crippen molar-refractivity contribution in [3.05, 3.63) is 70.8 Å². The first-order chi connectivity index (χ1) is 14.1. The number of carbonyl (C=O) groups excluding carboxylic acids is 1. The summed E-state index contributed by atoms with van der Waals surface area (Å²) in [6, 6.07) is 15.1. The van der Waals surface area contributed by atoms with Crippen LogP contribution in [0.2, 0.25) is 0 Å². The Bertz CT molecular complexity index is 948. The number of hydrogen-bond acceptors (Lipinski definition) is 4. The number of ether oxygens (including phenoxy) is 2. The Morgan fingerprint density at radius 2 is 1.86 bits per heavy atom. The maximum atomic E-state index is 13.1. The number of fused-ring (bicyclic) bond motifs is 1. The van der Waals surface area contributed by atoms with E-state index in [-0.39, 0.29) is 11.8 Å². The van der Waals surface area contributed by atoms with Gasteiger partial charge in [0.1, 0.15) is 5.75 Å². The van der Waals surface area contributed by atoms with Gasteiger partial charge in [0, 0.05) is 6.54 Å². The van der Waals surface area contributed by atoms with Crippen LogP contribution in [-0.4, -0.2) is 47.6 Å². The van der Waals surface area contributed by atoms with E-state index in [2.05, 4.69) is 9.69 Å². The van der Waals surface area contributed by atoms with Crippen molar-refractivity contribution >= 4 is 11.7 Å². The fourth-order valence-corrected chi connectivity index (χ4v) is 4.46. The monoisotopic (exact) mass is 391 g/mol. The molecule has 0 radical (unpaired) electrons. The van der Waals surface area contributed by atoms with E-state index in [1.807, 2.05) is 31.2 Å². The molecule has 0 spiro atoms. The zero-order valence-electron chi connectivity index (χ0n) is 16.8. The van der Waals surface area contributed by atoms with E-state index in [1.165, 1.54) is 6.42 Å². The van der Waals surface area contributed by atoms with Gasteiger partial charge in [-0.3, -0.25) is 4.90 Å². The first kappa shape index (κ1) is 19.4. The minimum atomic E-state index is -0.715. The van der Waals surface area contributed by atoms with Crippen LogP contribution in [-0.2, 0) is 15.1 Å². The lowest BCUT2D eigenvalue weighted by molar-refractivity contribution is -0.207. The van der Waals surface area contributed by atoms with Crippen LogP contribution in [0.3, 0.4) is 0 Å². The molecular weight excluding hydrogens is 366 g/mol. The summed E-state index contributed by atoms with van der Waals surface area (Å²) in [5, 5.41) is 0. The van der Waals surface area contributed by atoms with Crippen LogP contribution in [0.4, 0.5) is 0 Å². The van der Waals surface area contributed by atoms with Crippen LogP contribution < -0.4 is 4.74 Å². The van der Waals surface area contributed by atoms with Crippen molar-refractivity contribution in [3.63, 3.8) is 0 Å². The van der Waals surface area contributed by atoms with E-state index < -0.39 is 11.6 Å². The smallest absolute Gasteiger partial charge is 0.423 e. The first-order valence-corrected chi connectivity index (χ1v) is 9.98. The summed E-state index contributed by atoms with van der Waals surface area (Å²) in [6.45, 7) is 3.72. The molecule has 2 aromatic carbocycles. The van der Waals surface area contributed by atoms with E-state index in [0.717, 1.165) is 30.5 Å². The summed E-state index contributed by atoms with van der Waals surface area (Å²) in [4.78, 5) is 18.7.